The zero-order valence-electron chi connectivity index (χ0n) is 10.0. The molecule has 16 heavy (non-hydrogen) atoms. The molecule has 0 saturated heterocycles. The van der Waals surface area contributed by atoms with Crippen LogP contribution >= 0.6 is 22.9 Å². The van der Waals surface area contributed by atoms with Gasteiger partial charge in [-0.05, 0) is 6.42 Å². The molecule has 0 radical (unpaired) electrons. The monoisotopic (exact) mass is 361 g/mol. The predicted molar refractivity (Wildman–Crippen MR) is 75.5 cm³/mol. The predicted octanol–water partition coefficient (Wildman–Crippen LogP) is 1.66. The van der Waals surface area contributed by atoms with Crippen molar-refractivity contribution >= 4 is 32.7 Å². The summed E-state index contributed by atoms with van der Waals surface area (Å²) >= 11 is 2.18. The van der Waals surface area contributed by atoms with E-state index in [1.54, 1.807) is 6.08 Å². The summed E-state index contributed by atoms with van der Waals surface area (Å²) in [6.45, 7) is 6.69. The van der Waals surface area contributed by atoms with Gasteiger partial charge in [0, 0.05) is 42.8 Å². The molecule has 0 aliphatic heterocycles. The van der Waals surface area contributed by atoms with Crippen LogP contribution in [0.5, 0.6) is 0 Å². The zero-order chi connectivity index (χ0) is 12.8. The molecule has 0 fully saturated rings. The zero-order valence-corrected chi connectivity index (χ0v) is 13.0. The third kappa shape index (κ3) is 6.17. The van der Waals surface area contributed by atoms with Gasteiger partial charge in [-0.1, -0.05) is 13.0 Å². The Bertz CT molecular complexity index is 305. The minimum atomic E-state index is -3.04. The number of sulfone groups is 1. The second kappa shape index (κ2) is 7.62. The SMILES string of the molecule is C=C[C@H]([C@H](CS(C)(=O)=O)OC)N(I)CCC. The van der Waals surface area contributed by atoms with E-state index in [1.165, 1.54) is 13.4 Å². The molecular weight excluding hydrogens is 341 g/mol. The van der Waals surface area contributed by atoms with Crippen molar-refractivity contribution in [2.75, 3.05) is 25.7 Å². The molecular formula is C10H20INO3S. The molecule has 0 rings (SSSR count). The third-order valence-corrected chi connectivity index (χ3v) is 4.21. The van der Waals surface area contributed by atoms with Gasteiger partial charge in [0.25, 0.3) is 0 Å². The van der Waals surface area contributed by atoms with Crippen LogP contribution in [0, 0.1) is 0 Å². The van der Waals surface area contributed by atoms with Crippen molar-refractivity contribution in [2.24, 2.45) is 0 Å². The van der Waals surface area contributed by atoms with E-state index in [4.69, 9.17) is 4.74 Å². The summed E-state index contributed by atoms with van der Waals surface area (Å²) in [4.78, 5) is 0. The van der Waals surface area contributed by atoms with Gasteiger partial charge in [0.2, 0.25) is 0 Å². The fourth-order valence-corrected chi connectivity index (χ4v) is 3.41. The molecule has 0 unspecified atom stereocenters. The van der Waals surface area contributed by atoms with Gasteiger partial charge < -0.3 is 4.74 Å². The van der Waals surface area contributed by atoms with Crippen LogP contribution < -0.4 is 0 Å². The molecule has 4 nitrogen and oxygen atoms in total. The Morgan fingerprint density at radius 1 is 1.56 bits per heavy atom. The maximum atomic E-state index is 11.3. The highest BCUT2D eigenvalue weighted by Gasteiger charge is 2.26. The summed E-state index contributed by atoms with van der Waals surface area (Å²) in [6.07, 6.45) is 3.59. The second-order valence-electron chi connectivity index (χ2n) is 3.72. The standard InChI is InChI=1S/C10H20INO3S/c1-5-7-12(11)9(6-2)10(15-3)8-16(4,13)14/h6,9-10H,2,5,7-8H2,1,3-4H3/t9-,10+/m1/s1. The lowest BCUT2D eigenvalue weighted by atomic mass is 10.2. The molecule has 0 amide bonds. The van der Waals surface area contributed by atoms with Gasteiger partial charge in [-0.15, -0.1) is 6.58 Å². The highest BCUT2D eigenvalue weighted by molar-refractivity contribution is 14.1. The molecule has 0 aliphatic carbocycles. The molecule has 0 aromatic carbocycles. The fourth-order valence-electron chi connectivity index (χ4n) is 1.41. The van der Waals surface area contributed by atoms with E-state index in [0.29, 0.717) is 0 Å². The van der Waals surface area contributed by atoms with Crippen molar-refractivity contribution in [2.45, 2.75) is 25.5 Å². The van der Waals surface area contributed by atoms with E-state index in [2.05, 4.69) is 36.4 Å². The number of nitrogens with zero attached hydrogens (tertiary/aromatic N) is 1. The maximum absolute atomic E-state index is 11.3. The second-order valence-corrected chi connectivity index (χ2v) is 7.14. The van der Waals surface area contributed by atoms with Gasteiger partial charge >= 0.3 is 0 Å². The molecule has 0 N–H and O–H groups in total. The molecule has 0 aromatic heterocycles. The highest BCUT2D eigenvalue weighted by atomic mass is 127. The molecule has 2 atom stereocenters. The molecule has 0 saturated carbocycles. The van der Waals surface area contributed by atoms with Gasteiger partial charge in [0.15, 0.2) is 0 Å². The lowest BCUT2D eigenvalue weighted by molar-refractivity contribution is 0.0833. The van der Waals surface area contributed by atoms with Crippen LogP contribution in [0.3, 0.4) is 0 Å². The van der Waals surface area contributed by atoms with Gasteiger partial charge in [0.1, 0.15) is 9.84 Å². The van der Waals surface area contributed by atoms with Crippen LogP contribution in [-0.4, -0.2) is 49.3 Å². The van der Waals surface area contributed by atoms with Crippen LogP contribution in [0.2, 0.25) is 0 Å². The molecule has 0 heterocycles. The Balaban J connectivity index is 4.68. The van der Waals surface area contributed by atoms with E-state index < -0.39 is 9.84 Å². The quantitative estimate of drug-likeness (QED) is 0.375. The van der Waals surface area contributed by atoms with Gasteiger partial charge in [-0.2, -0.15) is 0 Å². The van der Waals surface area contributed by atoms with E-state index in [0.717, 1.165) is 13.0 Å². The van der Waals surface area contributed by atoms with Crippen molar-refractivity contribution in [3.63, 3.8) is 0 Å². The van der Waals surface area contributed by atoms with Crippen LogP contribution in [0.25, 0.3) is 0 Å². The number of methoxy groups -OCH3 is 1. The summed E-state index contributed by atoms with van der Waals surface area (Å²) in [5.41, 5.74) is 0. The van der Waals surface area contributed by atoms with Crippen molar-refractivity contribution < 1.29 is 13.2 Å². The number of hydrogen-bond donors (Lipinski definition) is 0. The first kappa shape index (κ1) is 16.3. The Morgan fingerprint density at radius 2 is 2.12 bits per heavy atom. The van der Waals surface area contributed by atoms with Gasteiger partial charge in [-0.25, -0.2) is 11.5 Å². The molecule has 0 aromatic rings. The van der Waals surface area contributed by atoms with Gasteiger partial charge in [0.05, 0.1) is 17.9 Å². The maximum Gasteiger partial charge on any atom is 0.150 e. The van der Waals surface area contributed by atoms with E-state index in [-0.39, 0.29) is 17.9 Å². The van der Waals surface area contributed by atoms with Crippen LogP contribution in [0.15, 0.2) is 12.7 Å². The van der Waals surface area contributed by atoms with Crippen molar-refractivity contribution in [3.05, 3.63) is 12.7 Å². The first-order chi connectivity index (χ1) is 7.35. The first-order valence-corrected chi connectivity index (χ1v) is 8.13. The van der Waals surface area contributed by atoms with Crippen LogP contribution in [0.4, 0.5) is 0 Å². The lowest BCUT2D eigenvalue weighted by Crippen LogP contribution is -2.41. The van der Waals surface area contributed by atoms with Crippen molar-refractivity contribution in [3.8, 4) is 0 Å². The summed E-state index contributed by atoms with van der Waals surface area (Å²) in [6, 6.07) is -0.0831. The molecule has 96 valence electrons. The van der Waals surface area contributed by atoms with Crippen LogP contribution in [0.1, 0.15) is 13.3 Å². The molecule has 0 spiro atoms. The van der Waals surface area contributed by atoms with Gasteiger partial charge in [-0.3, -0.25) is 0 Å². The lowest BCUT2D eigenvalue weighted by Gasteiger charge is -2.29. The van der Waals surface area contributed by atoms with E-state index in [9.17, 15) is 8.42 Å². The minimum absolute atomic E-state index is 0.0173. The smallest absolute Gasteiger partial charge is 0.150 e. The normalized spacial score (nSPS) is 16.1. The Morgan fingerprint density at radius 3 is 2.44 bits per heavy atom. The average Bonchev–Trinajstić information content (AvgIpc) is 2.16. The Hall–Kier alpha value is 0.340. The number of halogens is 1. The molecule has 0 aliphatic rings. The van der Waals surface area contributed by atoms with E-state index in [1.807, 2.05) is 3.11 Å². The summed E-state index contributed by atoms with van der Waals surface area (Å²) in [7, 11) is -1.51. The first-order valence-electron chi connectivity index (χ1n) is 5.11. The summed E-state index contributed by atoms with van der Waals surface area (Å²) in [5, 5.41) is 0. The highest BCUT2D eigenvalue weighted by Crippen LogP contribution is 2.16. The number of ether oxygens (including phenoxy) is 1. The van der Waals surface area contributed by atoms with Crippen molar-refractivity contribution in [1.82, 2.24) is 3.11 Å². The minimum Gasteiger partial charge on any atom is -0.378 e. The number of rotatable bonds is 8. The van der Waals surface area contributed by atoms with E-state index >= 15 is 0 Å². The molecule has 0 bridgehead atoms. The Labute approximate surface area is 112 Å². The average molecular weight is 361 g/mol. The number of hydrogen-bond acceptors (Lipinski definition) is 4. The topological polar surface area (TPSA) is 46.6 Å². The summed E-state index contributed by atoms with van der Waals surface area (Å²) in [5.74, 6) is 0.0173. The third-order valence-electron chi connectivity index (χ3n) is 2.15. The van der Waals surface area contributed by atoms with Crippen molar-refractivity contribution in [1.29, 1.82) is 0 Å². The fraction of sp³-hybridized carbons (Fsp3) is 0.800. The Kier molecular flexibility index (Phi) is 7.79. The van der Waals surface area contributed by atoms with Crippen LogP contribution in [-0.2, 0) is 14.6 Å². The molecule has 6 heteroatoms. The largest absolute Gasteiger partial charge is 0.378 e. The summed E-state index contributed by atoms with van der Waals surface area (Å²) < 4.78 is 29.8.